The molecule has 1 saturated carbocycles. The van der Waals surface area contributed by atoms with Crippen molar-refractivity contribution in [1.82, 2.24) is 4.98 Å². The zero-order valence-corrected chi connectivity index (χ0v) is 10.7. The van der Waals surface area contributed by atoms with Crippen molar-refractivity contribution in [3.63, 3.8) is 0 Å². The molecule has 2 heteroatoms. The Bertz CT molecular complexity index is 544. The van der Waals surface area contributed by atoms with Crippen molar-refractivity contribution in [1.29, 1.82) is 0 Å². The molecule has 0 saturated heterocycles. The van der Waals surface area contributed by atoms with E-state index in [2.05, 4.69) is 40.6 Å². The number of rotatable bonds is 3. The highest BCUT2D eigenvalue weighted by Gasteiger charge is 2.19. The Balaban J connectivity index is 1.94. The molecule has 1 aliphatic carbocycles. The number of benzene rings is 1. The van der Waals surface area contributed by atoms with E-state index in [1.54, 1.807) is 0 Å². The van der Waals surface area contributed by atoms with Gasteiger partial charge in [0.05, 0.1) is 5.69 Å². The summed E-state index contributed by atoms with van der Waals surface area (Å²) in [5.74, 6) is 1.69. The molecule has 1 aromatic carbocycles. The quantitative estimate of drug-likeness (QED) is 0.872. The molecule has 2 nitrogen and oxygen atoms in total. The van der Waals surface area contributed by atoms with E-state index < -0.39 is 0 Å². The lowest BCUT2D eigenvalue weighted by atomic mass is 9.79. The monoisotopic (exact) mass is 238 g/mol. The van der Waals surface area contributed by atoms with Gasteiger partial charge in [0.15, 0.2) is 0 Å². The Morgan fingerprint density at radius 2 is 1.94 bits per heavy atom. The number of nitrogens with zero attached hydrogens (tertiary/aromatic N) is 1. The van der Waals surface area contributed by atoms with Crippen molar-refractivity contribution in [2.75, 3.05) is 12.4 Å². The summed E-state index contributed by atoms with van der Waals surface area (Å²) in [7, 11) is 1.90. The van der Waals surface area contributed by atoms with Crippen LogP contribution >= 0.6 is 0 Å². The molecule has 18 heavy (non-hydrogen) atoms. The fraction of sp³-hybridized carbons (Fsp3) is 0.312. The lowest BCUT2D eigenvalue weighted by Gasteiger charge is -2.26. The van der Waals surface area contributed by atoms with Crippen molar-refractivity contribution < 1.29 is 0 Å². The van der Waals surface area contributed by atoms with E-state index in [0.717, 1.165) is 17.4 Å². The predicted octanol–water partition coefficient (Wildman–Crippen LogP) is 4.06. The minimum absolute atomic E-state index is 0.775. The van der Waals surface area contributed by atoms with Gasteiger partial charge in [0.25, 0.3) is 0 Å². The molecular weight excluding hydrogens is 220 g/mol. The van der Waals surface area contributed by atoms with Crippen LogP contribution in [-0.2, 0) is 0 Å². The van der Waals surface area contributed by atoms with Gasteiger partial charge in [-0.05, 0) is 42.5 Å². The van der Waals surface area contributed by atoms with Gasteiger partial charge in [-0.1, -0.05) is 30.7 Å². The van der Waals surface area contributed by atoms with E-state index in [0.29, 0.717) is 0 Å². The van der Waals surface area contributed by atoms with Gasteiger partial charge in [0, 0.05) is 12.6 Å². The zero-order chi connectivity index (χ0) is 12.4. The minimum atomic E-state index is 0.775. The molecule has 0 amide bonds. The highest BCUT2D eigenvalue weighted by atomic mass is 15.0. The van der Waals surface area contributed by atoms with E-state index in [-0.39, 0.29) is 0 Å². The minimum Gasteiger partial charge on any atom is -0.373 e. The molecular formula is C16H18N2. The normalized spacial score (nSPS) is 15.2. The number of aromatic nitrogens is 1. The molecule has 1 heterocycles. The SMILES string of the molecule is CNc1cccc(-c2cccc(C3CCC3)c2)n1. The molecule has 1 aromatic heterocycles. The standard InChI is InChI=1S/C16H18N2/c1-17-16-10-4-9-15(18-16)14-8-3-7-13(11-14)12-5-2-6-12/h3-4,7-12H,2,5-6H2,1H3,(H,17,18). The zero-order valence-electron chi connectivity index (χ0n) is 10.7. The summed E-state index contributed by atoms with van der Waals surface area (Å²) in [5.41, 5.74) is 3.73. The summed E-state index contributed by atoms with van der Waals surface area (Å²) in [6.45, 7) is 0. The van der Waals surface area contributed by atoms with Crippen LogP contribution in [-0.4, -0.2) is 12.0 Å². The van der Waals surface area contributed by atoms with E-state index in [1.165, 1.54) is 30.4 Å². The topological polar surface area (TPSA) is 24.9 Å². The number of nitrogens with one attached hydrogen (secondary N) is 1. The molecule has 3 rings (SSSR count). The number of pyridine rings is 1. The van der Waals surface area contributed by atoms with Crippen LogP contribution in [0.1, 0.15) is 30.7 Å². The maximum absolute atomic E-state index is 4.59. The molecule has 2 aromatic rings. The maximum atomic E-state index is 4.59. The van der Waals surface area contributed by atoms with Crippen molar-refractivity contribution >= 4 is 5.82 Å². The van der Waals surface area contributed by atoms with Crippen molar-refractivity contribution in [2.24, 2.45) is 0 Å². The maximum Gasteiger partial charge on any atom is 0.126 e. The molecule has 0 aliphatic heterocycles. The first-order valence-electron chi connectivity index (χ1n) is 6.62. The van der Waals surface area contributed by atoms with Crippen LogP contribution in [0.25, 0.3) is 11.3 Å². The molecule has 1 aliphatic rings. The first-order chi connectivity index (χ1) is 8.86. The number of hydrogen-bond donors (Lipinski definition) is 1. The summed E-state index contributed by atoms with van der Waals surface area (Å²) in [6.07, 6.45) is 4.06. The van der Waals surface area contributed by atoms with Gasteiger partial charge in [0.2, 0.25) is 0 Å². The Labute approximate surface area is 108 Å². The van der Waals surface area contributed by atoms with Gasteiger partial charge in [0.1, 0.15) is 5.82 Å². The second-order valence-corrected chi connectivity index (χ2v) is 4.91. The van der Waals surface area contributed by atoms with Gasteiger partial charge in [-0.3, -0.25) is 0 Å². The first-order valence-corrected chi connectivity index (χ1v) is 6.62. The largest absolute Gasteiger partial charge is 0.373 e. The number of anilines is 1. The van der Waals surface area contributed by atoms with E-state index in [9.17, 15) is 0 Å². The summed E-state index contributed by atoms with van der Waals surface area (Å²) >= 11 is 0. The van der Waals surface area contributed by atoms with Gasteiger partial charge in [-0.25, -0.2) is 4.98 Å². The Kier molecular flexibility index (Phi) is 3.01. The molecule has 1 fully saturated rings. The molecule has 0 unspecified atom stereocenters. The lowest BCUT2D eigenvalue weighted by Crippen LogP contribution is -2.08. The molecule has 92 valence electrons. The number of hydrogen-bond acceptors (Lipinski definition) is 2. The Hall–Kier alpha value is -1.83. The second-order valence-electron chi connectivity index (χ2n) is 4.91. The second kappa shape index (κ2) is 4.81. The highest BCUT2D eigenvalue weighted by Crippen LogP contribution is 2.37. The average molecular weight is 238 g/mol. The van der Waals surface area contributed by atoms with Gasteiger partial charge in [-0.2, -0.15) is 0 Å². The summed E-state index contributed by atoms with van der Waals surface area (Å²) < 4.78 is 0. The van der Waals surface area contributed by atoms with Crippen LogP contribution < -0.4 is 5.32 Å². The average Bonchev–Trinajstić information content (AvgIpc) is 2.37. The predicted molar refractivity (Wildman–Crippen MR) is 75.8 cm³/mol. The Morgan fingerprint density at radius 1 is 1.11 bits per heavy atom. The molecule has 0 bridgehead atoms. The fourth-order valence-electron chi connectivity index (χ4n) is 2.43. The first kappa shape index (κ1) is 11.3. The highest BCUT2D eigenvalue weighted by molar-refractivity contribution is 5.62. The van der Waals surface area contributed by atoms with Crippen LogP contribution in [0.4, 0.5) is 5.82 Å². The molecule has 0 radical (unpaired) electrons. The van der Waals surface area contributed by atoms with Crippen LogP contribution in [0.2, 0.25) is 0 Å². The summed E-state index contributed by atoms with van der Waals surface area (Å²) in [5, 5.41) is 3.09. The fourth-order valence-corrected chi connectivity index (χ4v) is 2.43. The molecule has 1 N–H and O–H groups in total. The van der Waals surface area contributed by atoms with Crippen molar-refractivity contribution in [3.05, 3.63) is 48.0 Å². The van der Waals surface area contributed by atoms with Crippen LogP contribution in [0, 0.1) is 0 Å². The van der Waals surface area contributed by atoms with Crippen molar-refractivity contribution in [3.8, 4) is 11.3 Å². The lowest BCUT2D eigenvalue weighted by molar-refractivity contribution is 0.420. The smallest absolute Gasteiger partial charge is 0.126 e. The third kappa shape index (κ3) is 2.10. The van der Waals surface area contributed by atoms with Gasteiger partial charge >= 0.3 is 0 Å². The van der Waals surface area contributed by atoms with Crippen LogP contribution in [0.3, 0.4) is 0 Å². The van der Waals surface area contributed by atoms with Gasteiger partial charge < -0.3 is 5.32 Å². The van der Waals surface area contributed by atoms with E-state index in [4.69, 9.17) is 0 Å². The van der Waals surface area contributed by atoms with E-state index >= 15 is 0 Å². The van der Waals surface area contributed by atoms with Crippen LogP contribution in [0.5, 0.6) is 0 Å². The van der Waals surface area contributed by atoms with Crippen molar-refractivity contribution in [2.45, 2.75) is 25.2 Å². The Morgan fingerprint density at radius 3 is 2.67 bits per heavy atom. The van der Waals surface area contributed by atoms with Gasteiger partial charge in [-0.15, -0.1) is 0 Å². The third-order valence-corrected chi connectivity index (χ3v) is 3.76. The summed E-state index contributed by atoms with van der Waals surface area (Å²) in [4.78, 5) is 4.59. The summed E-state index contributed by atoms with van der Waals surface area (Å²) in [6, 6.07) is 14.9. The molecule has 0 spiro atoms. The third-order valence-electron chi connectivity index (χ3n) is 3.76. The molecule has 0 atom stereocenters. The van der Waals surface area contributed by atoms with Crippen LogP contribution in [0.15, 0.2) is 42.5 Å². The van der Waals surface area contributed by atoms with E-state index in [1.807, 2.05) is 19.2 Å².